The normalized spacial score (nSPS) is 21.8. The van der Waals surface area contributed by atoms with Crippen LogP contribution in [0.1, 0.15) is 23.1 Å². The van der Waals surface area contributed by atoms with Crippen LogP contribution >= 0.6 is 11.6 Å². The van der Waals surface area contributed by atoms with Gasteiger partial charge >= 0.3 is 0 Å². The van der Waals surface area contributed by atoms with Crippen molar-refractivity contribution < 1.29 is 16.8 Å². The summed E-state index contributed by atoms with van der Waals surface area (Å²) >= 11 is 6.28. The van der Waals surface area contributed by atoms with E-state index >= 15 is 0 Å². The molecule has 2 aromatic rings. The van der Waals surface area contributed by atoms with E-state index in [-0.39, 0.29) is 26.5 Å². The van der Waals surface area contributed by atoms with Gasteiger partial charge < -0.3 is 9.80 Å². The second kappa shape index (κ2) is 9.04. The fourth-order valence-corrected chi connectivity index (χ4v) is 7.91. The molecule has 12 heteroatoms. The van der Waals surface area contributed by atoms with Crippen molar-refractivity contribution in [3.63, 3.8) is 0 Å². The molecule has 2 aliphatic heterocycles. The smallest absolute Gasteiger partial charge is 0.264 e. The standard InChI is InChI=1S/C23H28ClN5O4S2/c1-15-3-6-21(29-9-7-28(2)8-10-29)18-11-16(4-5-17(15)18)27-35(32,33)22-13-23-20(12-19(22)24)25-14-26-34(23,30)31/h3,6,12-14,16,27H,4-5,7-11H2,1-2H3,(H,25,26)/t16-/m1/s1. The van der Waals surface area contributed by atoms with Crippen LogP contribution in [0, 0.1) is 6.92 Å². The monoisotopic (exact) mass is 537 g/mol. The van der Waals surface area contributed by atoms with E-state index in [0.717, 1.165) is 45.0 Å². The summed E-state index contributed by atoms with van der Waals surface area (Å²) in [5.41, 5.74) is 4.97. The molecule has 0 amide bonds. The molecule has 1 fully saturated rings. The van der Waals surface area contributed by atoms with Gasteiger partial charge in [0.1, 0.15) is 16.1 Å². The van der Waals surface area contributed by atoms with Gasteiger partial charge in [0.05, 0.1) is 10.7 Å². The van der Waals surface area contributed by atoms with Crippen LogP contribution in [0.2, 0.25) is 5.02 Å². The van der Waals surface area contributed by atoms with Gasteiger partial charge in [-0.3, -0.25) is 4.72 Å². The first-order valence-corrected chi connectivity index (χ1v) is 14.9. The number of halogens is 1. The molecule has 5 rings (SSSR count). The molecule has 0 aromatic heterocycles. The number of nitrogens with zero attached hydrogens (tertiary/aromatic N) is 3. The zero-order chi connectivity index (χ0) is 25.0. The molecule has 1 atom stereocenters. The molecule has 9 nitrogen and oxygen atoms in total. The number of hydrogen-bond donors (Lipinski definition) is 2. The first-order chi connectivity index (χ1) is 16.5. The summed E-state index contributed by atoms with van der Waals surface area (Å²) in [5, 5.41) is -0.0734. The lowest BCUT2D eigenvalue weighted by atomic mass is 9.84. The number of aliphatic imine (C=N–C) groups is 1. The molecule has 3 aliphatic rings. The van der Waals surface area contributed by atoms with Gasteiger partial charge in [0.15, 0.2) is 0 Å². The summed E-state index contributed by atoms with van der Waals surface area (Å²) in [7, 11) is -5.86. The quantitative estimate of drug-likeness (QED) is 0.618. The molecule has 0 unspecified atom stereocenters. The van der Waals surface area contributed by atoms with E-state index in [9.17, 15) is 16.8 Å². The second-order valence-electron chi connectivity index (χ2n) is 9.34. The highest BCUT2D eigenvalue weighted by molar-refractivity contribution is 7.90. The SMILES string of the molecule is Cc1ccc(N2CCN(C)CC2)c2c1CC[C@@H](NS(=O)(=O)c1cc3c(cc1Cl)N=CNS3(=O)=O)C2. The lowest BCUT2D eigenvalue weighted by Crippen LogP contribution is -2.45. The van der Waals surface area contributed by atoms with Gasteiger partial charge in [0.25, 0.3) is 10.0 Å². The minimum atomic E-state index is -4.08. The van der Waals surface area contributed by atoms with Crippen molar-refractivity contribution in [1.29, 1.82) is 0 Å². The van der Waals surface area contributed by atoms with Crippen molar-refractivity contribution in [2.24, 2.45) is 4.99 Å². The Labute approximate surface area is 211 Å². The van der Waals surface area contributed by atoms with Gasteiger partial charge in [-0.05, 0) is 68.1 Å². The van der Waals surface area contributed by atoms with Crippen molar-refractivity contribution in [3.8, 4) is 0 Å². The van der Waals surface area contributed by atoms with Gasteiger partial charge in [-0.15, -0.1) is 0 Å². The molecule has 0 saturated carbocycles. The van der Waals surface area contributed by atoms with E-state index in [1.54, 1.807) is 0 Å². The first kappa shape index (κ1) is 24.5. The summed E-state index contributed by atoms with van der Waals surface area (Å²) in [4.78, 5) is 8.16. The van der Waals surface area contributed by atoms with E-state index in [0.29, 0.717) is 12.8 Å². The Kier molecular flexibility index (Phi) is 6.33. The average molecular weight is 538 g/mol. The Hall–Kier alpha value is -2.18. The number of aryl methyl sites for hydroxylation is 1. The minimum absolute atomic E-state index is 0.0734. The number of sulfonamides is 2. The zero-order valence-electron chi connectivity index (χ0n) is 19.6. The Morgan fingerprint density at radius 3 is 2.63 bits per heavy atom. The lowest BCUT2D eigenvalue weighted by molar-refractivity contribution is 0.312. The molecule has 1 saturated heterocycles. The predicted octanol–water partition coefficient (Wildman–Crippen LogP) is 2.19. The Bertz CT molecular complexity index is 1420. The third-order valence-corrected chi connectivity index (χ3v) is 10.3. The van der Waals surface area contributed by atoms with Crippen LogP contribution < -0.4 is 14.3 Å². The maximum atomic E-state index is 13.4. The highest BCUT2D eigenvalue weighted by Crippen LogP contribution is 2.36. The number of nitrogens with one attached hydrogen (secondary N) is 2. The fraction of sp³-hybridized carbons (Fsp3) is 0.435. The molecule has 0 radical (unpaired) electrons. The van der Waals surface area contributed by atoms with E-state index in [1.807, 2.05) is 0 Å². The van der Waals surface area contributed by atoms with Gasteiger partial charge in [0.2, 0.25) is 10.0 Å². The molecule has 2 aromatic carbocycles. The third kappa shape index (κ3) is 4.67. The number of likely N-dealkylation sites (N-methyl/N-ethyl adjacent to an activating group) is 1. The number of fused-ring (bicyclic) bond motifs is 2. The van der Waals surface area contributed by atoms with Crippen LogP contribution in [0.25, 0.3) is 0 Å². The molecule has 2 heterocycles. The first-order valence-electron chi connectivity index (χ1n) is 11.5. The number of rotatable bonds is 4. The predicted molar refractivity (Wildman–Crippen MR) is 137 cm³/mol. The van der Waals surface area contributed by atoms with Crippen LogP contribution in [0.15, 0.2) is 39.0 Å². The van der Waals surface area contributed by atoms with Crippen molar-refractivity contribution in [1.82, 2.24) is 14.3 Å². The lowest BCUT2D eigenvalue weighted by Gasteiger charge is -2.37. The number of hydrogen-bond acceptors (Lipinski definition) is 7. The van der Waals surface area contributed by atoms with Gasteiger partial charge in [0, 0.05) is 37.9 Å². The molecule has 35 heavy (non-hydrogen) atoms. The van der Waals surface area contributed by atoms with E-state index < -0.39 is 20.0 Å². The Morgan fingerprint density at radius 1 is 1.14 bits per heavy atom. The maximum Gasteiger partial charge on any atom is 0.264 e. The van der Waals surface area contributed by atoms with Crippen molar-refractivity contribution in [2.45, 2.75) is 42.0 Å². The van der Waals surface area contributed by atoms with Crippen LogP contribution in [-0.2, 0) is 32.9 Å². The molecular formula is C23H28ClN5O4S2. The van der Waals surface area contributed by atoms with Crippen LogP contribution in [0.3, 0.4) is 0 Å². The van der Waals surface area contributed by atoms with Crippen LogP contribution in [0.4, 0.5) is 11.4 Å². The van der Waals surface area contributed by atoms with E-state index in [2.05, 4.69) is 50.3 Å². The second-order valence-corrected chi connectivity index (χ2v) is 13.1. The Balaban J connectivity index is 1.44. The summed E-state index contributed by atoms with van der Waals surface area (Å²) in [6, 6.07) is 6.32. The average Bonchev–Trinajstić information content (AvgIpc) is 2.79. The van der Waals surface area contributed by atoms with E-state index in [1.165, 1.54) is 28.4 Å². The summed E-state index contributed by atoms with van der Waals surface area (Å²) in [6.45, 7) is 5.92. The van der Waals surface area contributed by atoms with Crippen LogP contribution in [0.5, 0.6) is 0 Å². The number of anilines is 1. The summed E-state index contributed by atoms with van der Waals surface area (Å²) in [6.07, 6.45) is 3.01. The highest BCUT2D eigenvalue weighted by Gasteiger charge is 2.32. The largest absolute Gasteiger partial charge is 0.369 e. The van der Waals surface area contributed by atoms with Crippen LogP contribution in [-0.4, -0.2) is 67.3 Å². The van der Waals surface area contributed by atoms with Crippen molar-refractivity contribution in [3.05, 3.63) is 46.0 Å². The molecule has 0 bridgehead atoms. The molecule has 0 spiro atoms. The number of piperazine rings is 1. The zero-order valence-corrected chi connectivity index (χ0v) is 22.0. The Morgan fingerprint density at radius 2 is 1.89 bits per heavy atom. The highest BCUT2D eigenvalue weighted by atomic mass is 35.5. The van der Waals surface area contributed by atoms with Crippen molar-refractivity contribution in [2.75, 3.05) is 38.1 Å². The molecule has 2 N–H and O–H groups in total. The number of benzene rings is 2. The third-order valence-electron chi connectivity index (χ3n) is 7.00. The van der Waals surface area contributed by atoms with Gasteiger partial charge in [-0.2, -0.15) is 0 Å². The summed E-state index contributed by atoms with van der Waals surface area (Å²) in [5.74, 6) is 0. The molecular weight excluding hydrogens is 510 g/mol. The minimum Gasteiger partial charge on any atom is -0.369 e. The summed E-state index contributed by atoms with van der Waals surface area (Å²) < 4.78 is 56.4. The van der Waals surface area contributed by atoms with Gasteiger partial charge in [-0.1, -0.05) is 17.7 Å². The molecule has 188 valence electrons. The fourth-order valence-electron chi connectivity index (χ4n) is 5.04. The van der Waals surface area contributed by atoms with E-state index in [4.69, 9.17) is 11.6 Å². The van der Waals surface area contributed by atoms with Gasteiger partial charge in [-0.25, -0.2) is 26.6 Å². The maximum absolute atomic E-state index is 13.4. The topological polar surface area (TPSA) is 111 Å². The van der Waals surface area contributed by atoms with Crippen molar-refractivity contribution >= 4 is 49.4 Å². The molecule has 1 aliphatic carbocycles.